The summed E-state index contributed by atoms with van der Waals surface area (Å²) in [6.07, 6.45) is 9.11. The largest absolute Gasteiger partial charge is 0.372 e. The van der Waals surface area contributed by atoms with E-state index < -0.39 is 0 Å². The van der Waals surface area contributed by atoms with Crippen LogP contribution in [0.5, 0.6) is 0 Å². The van der Waals surface area contributed by atoms with E-state index in [4.69, 9.17) is 0 Å². The van der Waals surface area contributed by atoms with Crippen LogP contribution in [-0.4, -0.2) is 29.5 Å². The first-order chi connectivity index (χ1) is 11.2. The number of amides is 1. The second-order valence-corrected chi connectivity index (χ2v) is 8.41. The first-order valence-corrected chi connectivity index (χ1v) is 9.98. The molecule has 0 unspecified atom stereocenters. The first-order valence-electron chi connectivity index (χ1n) is 9.04. The third kappa shape index (κ3) is 4.66. The van der Waals surface area contributed by atoms with Crippen LogP contribution in [0, 0.1) is 0 Å². The van der Waals surface area contributed by atoms with E-state index in [9.17, 15) is 4.79 Å². The van der Waals surface area contributed by atoms with Crippen LogP contribution in [0.15, 0.2) is 24.3 Å². The molecule has 23 heavy (non-hydrogen) atoms. The van der Waals surface area contributed by atoms with Crippen molar-refractivity contribution in [3.63, 3.8) is 0 Å². The van der Waals surface area contributed by atoms with Crippen LogP contribution < -0.4 is 10.2 Å². The fraction of sp³-hybridized carbons (Fsp3) is 0.632. The normalized spacial score (nSPS) is 20.5. The number of nitrogens with one attached hydrogen (secondary N) is 1. The molecular weight excluding hydrogens is 304 g/mol. The molecule has 0 bridgehead atoms. The average molecular weight is 333 g/mol. The number of carbonyl (C=O) groups is 1. The molecule has 2 fully saturated rings. The van der Waals surface area contributed by atoms with Crippen molar-refractivity contribution in [2.75, 3.05) is 23.3 Å². The zero-order chi connectivity index (χ0) is 16.1. The summed E-state index contributed by atoms with van der Waals surface area (Å²) >= 11 is 1.84. The third-order valence-corrected chi connectivity index (χ3v) is 6.40. The van der Waals surface area contributed by atoms with Crippen molar-refractivity contribution in [2.45, 2.75) is 62.4 Å². The summed E-state index contributed by atoms with van der Waals surface area (Å²) in [6, 6.07) is 8.34. The zero-order valence-corrected chi connectivity index (χ0v) is 14.9. The highest BCUT2D eigenvalue weighted by molar-refractivity contribution is 8.01. The molecule has 3 rings (SSSR count). The van der Waals surface area contributed by atoms with E-state index in [0.29, 0.717) is 5.25 Å². The molecule has 3 nitrogen and oxygen atoms in total. The fourth-order valence-corrected chi connectivity index (χ4v) is 4.89. The summed E-state index contributed by atoms with van der Waals surface area (Å²) < 4.78 is 0. The number of nitrogens with zero attached hydrogens (tertiary/aromatic N) is 1. The molecule has 1 aliphatic heterocycles. The second-order valence-electron chi connectivity index (χ2n) is 6.77. The molecule has 0 radical (unpaired) electrons. The molecule has 1 saturated carbocycles. The van der Waals surface area contributed by atoms with Gasteiger partial charge in [0, 0.05) is 29.7 Å². The van der Waals surface area contributed by atoms with Crippen LogP contribution >= 0.6 is 11.8 Å². The van der Waals surface area contributed by atoms with E-state index in [1.54, 1.807) is 0 Å². The molecule has 126 valence electrons. The molecular formula is C19H28N2OS. The summed E-state index contributed by atoms with van der Waals surface area (Å²) in [7, 11) is 0. The van der Waals surface area contributed by atoms with Gasteiger partial charge < -0.3 is 10.2 Å². The summed E-state index contributed by atoms with van der Waals surface area (Å²) in [5, 5.41) is 3.77. The number of thioether (sulfide) groups is 1. The maximum atomic E-state index is 12.3. The van der Waals surface area contributed by atoms with Gasteiger partial charge in [-0.1, -0.05) is 12.8 Å². The van der Waals surface area contributed by atoms with Crippen molar-refractivity contribution in [1.82, 2.24) is 0 Å². The molecule has 1 N–H and O–H groups in total. The van der Waals surface area contributed by atoms with Gasteiger partial charge in [-0.2, -0.15) is 0 Å². The maximum absolute atomic E-state index is 12.3. The maximum Gasteiger partial charge on any atom is 0.237 e. The lowest BCUT2D eigenvalue weighted by atomic mass is 10.1. The highest BCUT2D eigenvalue weighted by Gasteiger charge is 2.22. The Labute approximate surface area is 144 Å². The van der Waals surface area contributed by atoms with E-state index in [1.165, 1.54) is 50.6 Å². The quantitative estimate of drug-likeness (QED) is 0.849. The van der Waals surface area contributed by atoms with E-state index in [0.717, 1.165) is 18.8 Å². The summed E-state index contributed by atoms with van der Waals surface area (Å²) in [5.41, 5.74) is 2.19. The Bertz CT molecular complexity index is 505. The molecule has 1 heterocycles. The number of anilines is 2. The molecule has 0 spiro atoms. The van der Waals surface area contributed by atoms with Crippen molar-refractivity contribution in [2.24, 2.45) is 0 Å². The molecule has 1 aromatic carbocycles. The lowest BCUT2D eigenvalue weighted by Crippen LogP contribution is -2.29. The van der Waals surface area contributed by atoms with Crippen LogP contribution in [-0.2, 0) is 4.79 Å². The minimum Gasteiger partial charge on any atom is -0.372 e. The summed E-state index contributed by atoms with van der Waals surface area (Å²) in [4.78, 5) is 14.8. The minimum absolute atomic E-state index is 0.0277. The Balaban J connectivity index is 1.51. The predicted octanol–water partition coefficient (Wildman–Crippen LogP) is 4.68. The van der Waals surface area contributed by atoms with Crippen LogP contribution in [0.3, 0.4) is 0 Å². The van der Waals surface area contributed by atoms with Crippen LogP contribution in [0.4, 0.5) is 11.4 Å². The molecule has 2 aliphatic rings. The lowest BCUT2D eigenvalue weighted by Gasteiger charge is -2.28. The minimum atomic E-state index is 0.0277. The Hall–Kier alpha value is -1.16. The van der Waals surface area contributed by atoms with E-state index >= 15 is 0 Å². The van der Waals surface area contributed by atoms with Crippen LogP contribution in [0.2, 0.25) is 0 Å². The van der Waals surface area contributed by atoms with Crippen molar-refractivity contribution in [3.05, 3.63) is 24.3 Å². The monoisotopic (exact) mass is 332 g/mol. The molecule has 0 aromatic heterocycles. The van der Waals surface area contributed by atoms with Crippen molar-refractivity contribution >= 4 is 29.0 Å². The van der Waals surface area contributed by atoms with Gasteiger partial charge >= 0.3 is 0 Å². The number of hydrogen-bond donors (Lipinski definition) is 1. The van der Waals surface area contributed by atoms with Gasteiger partial charge in [0.1, 0.15) is 0 Å². The number of benzene rings is 1. The molecule has 4 heteroatoms. The van der Waals surface area contributed by atoms with E-state index in [1.807, 2.05) is 30.8 Å². The summed E-state index contributed by atoms with van der Waals surface area (Å²) in [5.74, 6) is 0.132. The van der Waals surface area contributed by atoms with Gasteiger partial charge in [-0.25, -0.2) is 0 Å². The number of piperidine rings is 1. The lowest BCUT2D eigenvalue weighted by molar-refractivity contribution is -0.115. The van der Waals surface area contributed by atoms with Gasteiger partial charge in [0.25, 0.3) is 0 Å². The Morgan fingerprint density at radius 2 is 1.74 bits per heavy atom. The first kappa shape index (κ1) is 16.7. The molecule has 1 saturated heterocycles. The van der Waals surface area contributed by atoms with Gasteiger partial charge in [-0.3, -0.25) is 4.79 Å². The third-order valence-electron chi connectivity index (χ3n) is 4.92. The Morgan fingerprint density at radius 1 is 1.09 bits per heavy atom. The molecule has 1 amide bonds. The van der Waals surface area contributed by atoms with Crippen LogP contribution in [0.1, 0.15) is 51.9 Å². The summed E-state index contributed by atoms with van der Waals surface area (Å²) in [6.45, 7) is 4.34. The fourth-order valence-electron chi connectivity index (χ4n) is 3.53. The number of hydrogen-bond acceptors (Lipinski definition) is 3. The number of carbonyl (C=O) groups excluding carboxylic acids is 1. The van der Waals surface area contributed by atoms with Crippen LogP contribution in [0.25, 0.3) is 0 Å². The van der Waals surface area contributed by atoms with E-state index in [-0.39, 0.29) is 11.2 Å². The zero-order valence-electron chi connectivity index (χ0n) is 14.1. The SMILES string of the molecule is C[C@@H](SC1CCCC1)C(=O)Nc1ccc(N2CCCCC2)cc1. The predicted molar refractivity (Wildman–Crippen MR) is 100 cm³/mol. The Morgan fingerprint density at radius 3 is 2.39 bits per heavy atom. The van der Waals surface area contributed by atoms with Gasteiger partial charge in [-0.05, 0) is 63.3 Å². The average Bonchev–Trinajstić information content (AvgIpc) is 3.09. The van der Waals surface area contributed by atoms with Crippen molar-refractivity contribution in [1.29, 1.82) is 0 Å². The number of rotatable bonds is 5. The van der Waals surface area contributed by atoms with Gasteiger partial charge in [0.15, 0.2) is 0 Å². The molecule has 1 aromatic rings. The topological polar surface area (TPSA) is 32.3 Å². The highest BCUT2D eigenvalue weighted by atomic mass is 32.2. The molecule has 1 atom stereocenters. The van der Waals surface area contributed by atoms with Crippen molar-refractivity contribution < 1.29 is 4.79 Å². The van der Waals surface area contributed by atoms with Crippen molar-refractivity contribution in [3.8, 4) is 0 Å². The Kier molecular flexibility index (Phi) is 5.87. The standard InChI is InChI=1S/C19H28N2OS/c1-15(23-18-7-3-4-8-18)19(22)20-16-9-11-17(12-10-16)21-13-5-2-6-14-21/h9-12,15,18H,2-8,13-14H2,1H3,(H,20,22)/t15-/m1/s1. The molecule has 1 aliphatic carbocycles. The van der Waals surface area contributed by atoms with E-state index in [2.05, 4.69) is 22.3 Å². The smallest absolute Gasteiger partial charge is 0.237 e. The van der Waals surface area contributed by atoms with Gasteiger partial charge in [-0.15, -0.1) is 11.8 Å². The highest BCUT2D eigenvalue weighted by Crippen LogP contribution is 2.32. The van der Waals surface area contributed by atoms with Gasteiger partial charge in [0.05, 0.1) is 5.25 Å². The van der Waals surface area contributed by atoms with Gasteiger partial charge in [0.2, 0.25) is 5.91 Å². The second kappa shape index (κ2) is 8.09.